The van der Waals surface area contributed by atoms with Crippen LogP contribution in [0.1, 0.15) is 26.7 Å². The second-order valence-corrected chi connectivity index (χ2v) is 2.60. The molecule has 2 heteroatoms. The van der Waals surface area contributed by atoms with Gasteiger partial charge in [-0.3, -0.25) is 4.99 Å². The summed E-state index contributed by atoms with van der Waals surface area (Å²) in [5, 5.41) is 3.01. The monoisotopic (exact) mass is 154 g/mol. The van der Waals surface area contributed by atoms with Crippen LogP contribution in [0.5, 0.6) is 0 Å². The Bertz CT molecular complexity index is 157. The van der Waals surface area contributed by atoms with Gasteiger partial charge in [0.15, 0.2) is 0 Å². The van der Waals surface area contributed by atoms with E-state index < -0.39 is 0 Å². The molecule has 0 rings (SSSR count). The third-order valence-corrected chi connectivity index (χ3v) is 1.52. The highest BCUT2D eigenvalue weighted by Gasteiger charge is 1.90. The lowest BCUT2D eigenvalue weighted by molar-refractivity contribution is 0.905. The molecule has 0 aliphatic rings. The molecule has 2 nitrogen and oxygen atoms in total. The molecule has 0 saturated heterocycles. The van der Waals surface area contributed by atoms with Crippen molar-refractivity contribution in [1.82, 2.24) is 5.32 Å². The predicted molar refractivity (Wildman–Crippen MR) is 51.1 cm³/mol. The van der Waals surface area contributed by atoms with Crippen molar-refractivity contribution in [3.63, 3.8) is 0 Å². The Morgan fingerprint density at radius 3 is 2.55 bits per heavy atom. The summed E-state index contributed by atoms with van der Waals surface area (Å²) in [4.78, 5) is 4.06. The topological polar surface area (TPSA) is 24.4 Å². The van der Waals surface area contributed by atoms with Crippen LogP contribution in [0.3, 0.4) is 0 Å². The number of likely N-dealkylation sites (N-methyl/N-ethyl adjacent to an activating group) is 1. The van der Waals surface area contributed by atoms with E-state index in [0.717, 1.165) is 12.3 Å². The smallest absolute Gasteiger partial charge is 0.120 e. The highest BCUT2D eigenvalue weighted by Crippen LogP contribution is 2.02. The molecule has 0 aromatic heterocycles. The average molecular weight is 154 g/mol. The lowest BCUT2D eigenvalue weighted by Crippen LogP contribution is -2.15. The second-order valence-electron chi connectivity index (χ2n) is 2.60. The Morgan fingerprint density at radius 1 is 1.55 bits per heavy atom. The van der Waals surface area contributed by atoms with Gasteiger partial charge in [-0.1, -0.05) is 18.9 Å². The van der Waals surface area contributed by atoms with Crippen molar-refractivity contribution in [1.29, 1.82) is 0 Å². The van der Waals surface area contributed by atoms with Crippen LogP contribution in [-0.4, -0.2) is 19.9 Å². The van der Waals surface area contributed by atoms with Crippen molar-refractivity contribution in [2.24, 2.45) is 4.99 Å². The molecule has 0 saturated carbocycles. The normalized spacial score (nSPS) is 13.5. The molecule has 0 amide bonds. The maximum absolute atomic E-state index is 4.06. The number of amidine groups is 1. The maximum Gasteiger partial charge on any atom is 0.120 e. The fraction of sp³-hybridized carbons (Fsp3) is 0.667. The van der Waals surface area contributed by atoms with Crippen molar-refractivity contribution in [3.05, 3.63) is 11.6 Å². The van der Waals surface area contributed by atoms with Crippen molar-refractivity contribution in [2.75, 3.05) is 14.1 Å². The number of aliphatic imine (C=N–C) groups is 1. The van der Waals surface area contributed by atoms with E-state index in [2.05, 4.69) is 30.2 Å². The molecule has 0 spiro atoms. The SMILES string of the molecule is CCC/C(C)=C\C(=NC)NC. The van der Waals surface area contributed by atoms with Crippen LogP contribution in [0.4, 0.5) is 0 Å². The summed E-state index contributed by atoms with van der Waals surface area (Å²) in [6.45, 7) is 4.31. The highest BCUT2D eigenvalue weighted by atomic mass is 14.9. The molecule has 0 heterocycles. The number of nitrogens with zero attached hydrogens (tertiary/aromatic N) is 1. The van der Waals surface area contributed by atoms with E-state index in [1.165, 1.54) is 12.0 Å². The number of hydrogen-bond acceptors (Lipinski definition) is 1. The summed E-state index contributed by atoms with van der Waals surface area (Å²) in [7, 11) is 3.68. The molecule has 0 aromatic rings. The van der Waals surface area contributed by atoms with Gasteiger partial charge in [0.25, 0.3) is 0 Å². The van der Waals surface area contributed by atoms with E-state index in [1.54, 1.807) is 7.05 Å². The Morgan fingerprint density at radius 2 is 2.18 bits per heavy atom. The fourth-order valence-corrected chi connectivity index (χ4v) is 0.948. The first-order valence-corrected chi connectivity index (χ1v) is 4.06. The molecule has 0 aliphatic heterocycles. The zero-order chi connectivity index (χ0) is 8.69. The van der Waals surface area contributed by atoms with Gasteiger partial charge in [0.1, 0.15) is 5.84 Å². The van der Waals surface area contributed by atoms with Crippen LogP contribution in [0.2, 0.25) is 0 Å². The van der Waals surface area contributed by atoms with Crippen molar-refractivity contribution in [3.8, 4) is 0 Å². The standard InChI is InChI=1S/C9H18N2/c1-5-6-8(2)7-9(10-3)11-4/h7H,5-6H2,1-4H3,(H,10,11)/b8-7-. The summed E-state index contributed by atoms with van der Waals surface area (Å²) in [6.07, 6.45) is 4.44. The van der Waals surface area contributed by atoms with Gasteiger partial charge in [0, 0.05) is 14.1 Å². The minimum atomic E-state index is 0.955. The van der Waals surface area contributed by atoms with Gasteiger partial charge in [0.05, 0.1) is 0 Å². The van der Waals surface area contributed by atoms with Gasteiger partial charge in [0.2, 0.25) is 0 Å². The Hall–Kier alpha value is -0.790. The Kier molecular flexibility index (Phi) is 5.53. The number of nitrogens with one attached hydrogen (secondary N) is 1. The molecule has 0 unspecified atom stereocenters. The van der Waals surface area contributed by atoms with Crippen molar-refractivity contribution in [2.45, 2.75) is 26.7 Å². The summed E-state index contributed by atoms with van der Waals surface area (Å²) < 4.78 is 0. The van der Waals surface area contributed by atoms with E-state index >= 15 is 0 Å². The van der Waals surface area contributed by atoms with Crippen molar-refractivity contribution < 1.29 is 0 Å². The van der Waals surface area contributed by atoms with Gasteiger partial charge in [-0.05, 0) is 19.4 Å². The van der Waals surface area contributed by atoms with Crippen LogP contribution in [0.25, 0.3) is 0 Å². The van der Waals surface area contributed by atoms with Gasteiger partial charge < -0.3 is 5.32 Å². The number of hydrogen-bond donors (Lipinski definition) is 1. The molecule has 0 atom stereocenters. The van der Waals surface area contributed by atoms with Crippen LogP contribution in [-0.2, 0) is 0 Å². The zero-order valence-electron chi connectivity index (χ0n) is 7.94. The lowest BCUT2D eigenvalue weighted by Gasteiger charge is -2.00. The minimum Gasteiger partial charge on any atom is -0.373 e. The Balaban J connectivity index is 4.04. The van der Waals surface area contributed by atoms with Gasteiger partial charge >= 0.3 is 0 Å². The minimum absolute atomic E-state index is 0.955. The summed E-state index contributed by atoms with van der Waals surface area (Å²) in [5.41, 5.74) is 1.38. The van der Waals surface area contributed by atoms with E-state index in [0.29, 0.717) is 0 Å². The highest BCUT2D eigenvalue weighted by molar-refractivity contribution is 5.93. The van der Waals surface area contributed by atoms with Crippen LogP contribution < -0.4 is 5.32 Å². The molecule has 0 aliphatic carbocycles. The first kappa shape index (κ1) is 10.2. The molecule has 0 bridgehead atoms. The third kappa shape index (κ3) is 4.59. The molecule has 0 radical (unpaired) electrons. The fourth-order valence-electron chi connectivity index (χ4n) is 0.948. The van der Waals surface area contributed by atoms with Crippen LogP contribution in [0, 0.1) is 0 Å². The first-order chi connectivity index (χ1) is 5.24. The summed E-state index contributed by atoms with van der Waals surface area (Å²) >= 11 is 0. The molecule has 64 valence electrons. The molecular weight excluding hydrogens is 136 g/mol. The van der Waals surface area contributed by atoms with Crippen LogP contribution in [0.15, 0.2) is 16.6 Å². The van der Waals surface area contributed by atoms with Gasteiger partial charge in [-0.2, -0.15) is 0 Å². The maximum atomic E-state index is 4.06. The number of allylic oxidation sites excluding steroid dienone is 1. The average Bonchev–Trinajstić information content (AvgIpc) is 2.01. The van der Waals surface area contributed by atoms with Gasteiger partial charge in [-0.15, -0.1) is 0 Å². The molecule has 11 heavy (non-hydrogen) atoms. The molecule has 0 fully saturated rings. The van der Waals surface area contributed by atoms with E-state index in [4.69, 9.17) is 0 Å². The summed E-state index contributed by atoms with van der Waals surface area (Å²) in [6, 6.07) is 0. The Labute approximate surface area is 69.4 Å². The zero-order valence-corrected chi connectivity index (χ0v) is 7.94. The largest absolute Gasteiger partial charge is 0.373 e. The van der Waals surface area contributed by atoms with E-state index in [-0.39, 0.29) is 0 Å². The summed E-state index contributed by atoms with van der Waals surface area (Å²) in [5.74, 6) is 0.955. The van der Waals surface area contributed by atoms with E-state index in [1.807, 2.05) is 7.05 Å². The second kappa shape index (κ2) is 5.96. The molecule has 0 aromatic carbocycles. The molecule has 1 N–H and O–H groups in total. The lowest BCUT2D eigenvalue weighted by atomic mass is 10.1. The first-order valence-electron chi connectivity index (χ1n) is 4.06. The quantitative estimate of drug-likeness (QED) is 0.488. The predicted octanol–water partition coefficient (Wildman–Crippen LogP) is 1.98. The molecular formula is C9H18N2. The van der Waals surface area contributed by atoms with Crippen LogP contribution >= 0.6 is 0 Å². The van der Waals surface area contributed by atoms with Gasteiger partial charge in [-0.25, -0.2) is 0 Å². The van der Waals surface area contributed by atoms with Crippen molar-refractivity contribution >= 4 is 5.84 Å². The van der Waals surface area contributed by atoms with E-state index in [9.17, 15) is 0 Å². The number of rotatable bonds is 3. The third-order valence-electron chi connectivity index (χ3n) is 1.52.